The van der Waals surface area contributed by atoms with Gasteiger partial charge in [0.25, 0.3) is 0 Å². The van der Waals surface area contributed by atoms with Crippen molar-refractivity contribution in [2.75, 3.05) is 52.1 Å². The lowest BCUT2D eigenvalue weighted by Crippen LogP contribution is -2.54. The van der Waals surface area contributed by atoms with Crippen LogP contribution in [0, 0.1) is 0 Å². The van der Waals surface area contributed by atoms with Gasteiger partial charge in [-0.3, -0.25) is 9.69 Å². The average Bonchev–Trinajstić information content (AvgIpc) is 2.36. The van der Waals surface area contributed by atoms with Crippen LogP contribution in [0.1, 0.15) is 13.8 Å². The van der Waals surface area contributed by atoms with Crippen molar-refractivity contribution in [2.45, 2.75) is 26.1 Å². The largest absolute Gasteiger partial charge is 0.373 e. The monoisotopic (exact) mass is 319 g/mol. The minimum absolute atomic E-state index is 0.0736. The Kier molecular flexibility index (Phi) is 5.24. The number of hydrogen-bond donors (Lipinski definition) is 0. The summed E-state index contributed by atoms with van der Waals surface area (Å²) in [7, 11) is -3.15. The van der Waals surface area contributed by atoms with Gasteiger partial charge < -0.3 is 9.64 Å². The summed E-state index contributed by atoms with van der Waals surface area (Å²) in [5.74, 6) is 0.0736. The van der Waals surface area contributed by atoms with E-state index in [0.717, 1.165) is 13.1 Å². The second kappa shape index (κ2) is 6.60. The lowest BCUT2D eigenvalue weighted by Gasteiger charge is -2.37. The molecule has 2 heterocycles. The van der Waals surface area contributed by atoms with Gasteiger partial charge in [-0.1, -0.05) is 0 Å². The number of rotatable bonds is 3. The third-order valence-electron chi connectivity index (χ3n) is 3.91. The van der Waals surface area contributed by atoms with Crippen LogP contribution in [0.25, 0.3) is 0 Å². The van der Waals surface area contributed by atoms with Crippen molar-refractivity contribution in [1.29, 1.82) is 0 Å². The molecule has 0 radical (unpaired) electrons. The Morgan fingerprint density at radius 2 is 1.62 bits per heavy atom. The van der Waals surface area contributed by atoms with E-state index in [2.05, 4.69) is 4.90 Å². The smallest absolute Gasteiger partial charge is 0.236 e. The van der Waals surface area contributed by atoms with E-state index in [-0.39, 0.29) is 18.1 Å². The highest BCUT2D eigenvalue weighted by atomic mass is 32.2. The normalized spacial score (nSPS) is 29.6. The maximum Gasteiger partial charge on any atom is 0.236 e. The summed E-state index contributed by atoms with van der Waals surface area (Å²) in [5, 5.41) is 0. The fourth-order valence-electron chi connectivity index (χ4n) is 2.97. The summed E-state index contributed by atoms with van der Waals surface area (Å²) >= 11 is 0. The highest BCUT2D eigenvalue weighted by molar-refractivity contribution is 7.88. The van der Waals surface area contributed by atoms with Gasteiger partial charge in [0.2, 0.25) is 15.9 Å². The molecule has 2 aliphatic rings. The van der Waals surface area contributed by atoms with Gasteiger partial charge in [0.15, 0.2) is 0 Å². The Bertz CT molecular complexity index is 464. The van der Waals surface area contributed by atoms with E-state index in [0.29, 0.717) is 32.7 Å². The van der Waals surface area contributed by atoms with Crippen LogP contribution in [0.2, 0.25) is 0 Å². The van der Waals surface area contributed by atoms with Gasteiger partial charge in [-0.15, -0.1) is 0 Å². The van der Waals surface area contributed by atoms with E-state index in [1.165, 1.54) is 10.6 Å². The van der Waals surface area contributed by atoms with Crippen LogP contribution >= 0.6 is 0 Å². The number of carbonyl (C=O) groups is 1. The number of piperazine rings is 1. The van der Waals surface area contributed by atoms with Crippen molar-refractivity contribution in [3.05, 3.63) is 0 Å². The molecule has 2 unspecified atom stereocenters. The minimum Gasteiger partial charge on any atom is -0.373 e. The maximum atomic E-state index is 12.3. The third kappa shape index (κ3) is 4.64. The topological polar surface area (TPSA) is 70.2 Å². The van der Waals surface area contributed by atoms with E-state index in [1.54, 1.807) is 4.90 Å². The molecule has 0 aromatic carbocycles. The molecule has 2 saturated heterocycles. The predicted octanol–water partition coefficient (Wildman–Crippen LogP) is -0.801. The van der Waals surface area contributed by atoms with Gasteiger partial charge in [0.05, 0.1) is 25.0 Å². The number of hydrogen-bond acceptors (Lipinski definition) is 5. The van der Waals surface area contributed by atoms with Gasteiger partial charge in [0.1, 0.15) is 0 Å². The molecule has 2 rings (SSSR count). The molecular weight excluding hydrogens is 294 g/mol. The lowest BCUT2D eigenvalue weighted by atomic mass is 10.2. The second-order valence-corrected chi connectivity index (χ2v) is 7.98. The van der Waals surface area contributed by atoms with Crippen molar-refractivity contribution in [1.82, 2.24) is 14.1 Å². The van der Waals surface area contributed by atoms with E-state index in [1.807, 2.05) is 13.8 Å². The Morgan fingerprint density at radius 3 is 2.10 bits per heavy atom. The maximum absolute atomic E-state index is 12.3. The minimum atomic E-state index is -3.15. The van der Waals surface area contributed by atoms with E-state index in [4.69, 9.17) is 4.74 Å². The molecule has 0 saturated carbocycles. The van der Waals surface area contributed by atoms with Crippen LogP contribution in [0.3, 0.4) is 0 Å². The molecule has 0 aromatic heterocycles. The Labute approximate surface area is 126 Å². The SMILES string of the molecule is CC1CN(CC(=O)N2CCN(S(C)(=O)=O)CC2)CC(C)O1. The van der Waals surface area contributed by atoms with Crippen LogP contribution in [-0.4, -0.2) is 92.7 Å². The molecule has 7 nitrogen and oxygen atoms in total. The molecule has 8 heteroatoms. The first-order chi connectivity index (χ1) is 9.75. The molecule has 2 atom stereocenters. The Balaban J connectivity index is 1.82. The van der Waals surface area contributed by atoms with E-state index < -0.39 is 10.0 Å². The summed E-state index contributed by atoms with van der Waals surface area (Å²) in [6, 6.07) is 0. The Morgan fingerprint density at radius 1 is 1.10 bits per heavy atom. The molecule has 0 aliphatic carbocycles. The standard InChI is InChI=1S/C13H25N3O4S/c1-11-8-14(9-12(2)20-11)10-13(17)15-4-6-16(7-5-15)21(3,18)19/h11-12H,4-10H2,1-3H3. The van der Waals surface area contributed by atoms with Crippen LogP contribution in [0.5, 0.6) is 0 Å². The first kappa shape index (κ1) is 16.7. The van der Waals surface area contributed by atoms with Crippen molar-refractivity contribution in [2.24, 2.45) is 0 Å². The molecule has 0 aromatic rings. The molecular formula is C13H25N3O4S. The molecule has 0 spiro atoms. The van der Waals surface area contributed by atoms with Crippen LogP contribution in [0.4, 0.5) is 0 Å². The molecule has 0 N–H and O–H groups in total. The molecule has 122 valence electrons. The van der Waals surface area contributed by atoms with Crippen molar-refractivity contribution < 1.29 is 17.9 Å². The third-order valence-corrected chi connectivity index (χ3v) is 5.22. The van der Waals surface area contributed by atoms with Crippen LogP contribution in [-0.2, 0) is 19.6 Å². The van der Waals surface area contributed by atoms with Gasteiger partial charge in [-0.25, -0.2) is 8.42 Å². The number of amides is 1. The zero-order valence-corrected chi connectivity index (χ0v) is 13.8. The van der Waals surface area contributed by atoms with Crippen LogP contribution in [0.15, 0.2) is 0 Å². The van der Waals surface area contributed by atoms with Gasteiger partial charge in [0, 0.05) is 39.3 Å². The highest BCUT2D eigenvalue weighted by Gasteiger charge is 2.29. The van der Waals surface area contributed by atoms with E-state index in [9.17, 15) is 13.2 Å². The Hall–Kier alpha value is -0.700. The molecule has 1 amide bonds. The fourth-order valence-corrected chi connectivity index (χ4v) is 3.80. The van der Waals surface area contributed by atoms with Gasteiger partial charge in [-0.05, 0) is 13.8 Å². The summed E-state index contributed by atoms with van der Waals surface area (Å²) in [6.45, 7) is 7.66. The first-order valence-electron chi connectivity index (χ1n) is 7.36. The quantitative estimate of drug-likeness (QED) is 0.681. The van der Waals surface area contributed by atoms with Gasteiger partial charge >= 0.3 is 0 Å². The molecule has 0 bridgehead atoms. The predicted molar refractivity (Wildman–Crippen MR) is 79.4 cm³/mol. The molecule has 2 aliphatic heterocycles. The summed E-state index contributed by atoms with van der Waals surface area (Å²) in [5.41, 5.74) is 0. The fraction of sp³-hybridized carbons (Fsp3) is 0.923. The van der Waals surface area contributed by atoms with Crippen molar-refractivity contribution in [3.63, 3.8) is 0 Å². The van der Waals surface area contributed by atoms with E-state index >= 15 is 0 Å². The first-order valence-corrected chi connectivity index (χ1v) is 9.21. The highest BCUT2D eigenvalue weighted by Crippen LogP contribution is 2.12. The second-order valence-electron chi connectivity index (χ2n) is 5.99. The number of ether oxygens (including phenoxy) is 1. The lowest BCUT2D eigenvalue weighted by molar-refractivity contribution is -0.137. The average molecular weight is 319 g/mol. The summed E-state index contributed by atoms with van der Waals surface area (Å²) in [6.07, 6.45) is 1.49. The van der Waals surface area contributed by atoms with Crippen LogP contribution < -0.4 is 0 Å². The zero-order chi connectivity index (χ0) is 15.6. The number of nitrogens with zero attached hydrogens (tertiary/aromatic N) is 3. The number of sulfonamides is 1. The zero-order valence-electron chi connectivity index (χ0n) is 13.0. The van der Waals surface area contributed by atoms with Gasteiger partial charge in [-0.2, -0.15) is 4.31 Å². The summed E-state index contributed by atoms with van der Waals surface area (Å²) < 4.78 is 30.0. The van der Waals surface area contributed by atoms with Crippen molar-refractivity contribution in [3.8, 4) is 0 Å². The number of carbonyl (C=O) groups excluding carboxylic acids is 1. The van der Waals surface area contributed by atoms with Crippen molar-refractivity contribution >= 4 is 15.9 Å². The molecule has 2 fully saturated rings. The summed E-state index contributed by atoms with van der Waals surface area (Å²) in [4.78, 5) is 16.2. The molecule has 21 heavy (non-hydrogen) atoms. The number of morpholine rings is 1.